The largest absolute Gasteiger partial charge is 0.493 e. The van der Waals surface area contributed by atoms with Crippen molar-refractivity contribution in [3.05, 3.63) is 95.6 Å². The number of amides is 4. The van der Waals surface area contributed by atoms with Gasteiger partial charge in [-0.3, -0.25) is 19.3 Å². The number of imide groups is 1. The maximum absolute atomic E-state index is 13.3. The molecular weight excluding hydrogens is 434 g/mol. The van der Waals surface area contributed by atoms with Gasteiger partial charge in [-0.05, 0) is 42.5 Å². The van der Waals surface area contributed by atoms with Gasteiger partial charge in [-0.1, -0.05) is 36.4 Å². The van der Waals surface area contributed by atoms with Gasteiger partial charge < -0.3 is 15.4 Å². The smallest absolute Gasteiger partial charge is 0.325 e. The number of nitrogens with one attached hydrogen (secondary N) is 2. The number of anilines is 1. The molecule has 0 aromatic heterocycles. The maximum Gasteiger partial charge on any atom is 0.325 e. The first-order valence-electron chi connectivity index (χ1n) is 10.8. The van der Waals surface area contributed by atoms with E-state index < -0.39 is 17.5 Å². The number of rotatable bonds is 5. The lowest BCUT2D eigenvalue weighted by Crippen LogP contribution is -2.47. The second kappa shape index (κ2) is 8.47. The van der Waals surface area contributed by atoms with Crippen molar-refractivity contribution < 1.29 is 23.9 Å². The molecule has 0 radical (unpaired) electrons. The number of hydrogen-bond donors (Lipinski definition) is 2. The molecule has 2 N–H and O–H groups in total. The monoisotopic (exact) mass is 455 g/mol. The topological polar surface area (TPSA) is 105 Å². The van der Waals surface area contributed by atoms with Crippen molar-refractivity contribution in [1.29, 1.82) is 0 Å². The standard InChI is InChI=1S/C26H21N3O5/c30-21(17-10-12-19(13-11-17)27-23(31)18-6-2-1-3-7-18)16-29-24(32)26(28-25(29)33)14-15-34-22-9-5-4-8-20(22)26/h1-13H,14-16H2,(H,27,31)(H,28,33)/t26-/m1/s1. The molecule has 2 heterocycles. The van der Waals surface area contributed by atoms with Crippen LogP contribution < -0.4 is 15.4 Å². The molecule has 3 aromatic carbocycles. The summed E-state index contributed by atoms with van der Waals surface area (Å²) in [6.07, 6.45) is 0.287. The van der Waals surface area contributed by atoms with E-state index in [-0.39, 0.29) is 31.3 Å². The SMILES string of the molecule is O=C(CN1C(=O)N[C@@]2(CCOc3ccccc32)C1=O)c1ccc(NC(=O)c2ccccc2)cc1. The molecule has 1 saturated heterocycles. The molecule has 2 aliphatic heterocycles. The summed E-state index contributed by atoms with van der Waals surface area (Å²) in [7, 11) is 0. The van der Waals surface area contributed by atoms with E-state index in [0.717, 1.165) is 4.90 Å². The summed E-state index contributed by atoms with van der Waals surface area (Å²) < 4.78 is 5.63. The zero-order chi connectivity index (χ0) is 23.7. The molecule has 0 bridgehead atoms. The number of ether oxygens (including phenoxy) is 1. The van der Waals surface area contributed by atoms with Gasteiger partial charge in [-0.25, -0.2) is 4.79 Å². The Morgan fingerprint density at radius 1 is 0.912 bits per heavy atom. The van der Waals surface area contributed by atoms with Crippen LogP contribution in [0.1, 0.15) is 32.7 Å². The molecule has 4 amide bonds. The first kappa shape index (κ1) is 21.4. The van der Waals surface area contributed by atoms with E-state index in [1.807, 2.05) is 6.07 Å². The van der Waals surface area contributed by atoms with E-state index in [9.17, 15) is 19.2 Å². The fourth-order valence-electron chi connectivity index (χ4n) is 4.28. The average molecular weight is 455 g/mol. The third-order valence-corrected chi connectivity index (χ3v) is 6.06. The minimum absolute atomic E-state index is 0.263. The lowest BCUT2D eigenvalue weighted by atomic mass is 9.84. The van der Waals surface area contributed by atoms with Crippen molar-refractivity contribution in [1.82, 2.24) is 10.2 Å². The molecule has 2 aliphatic rings. The number of hydrogen-bond acceptors (Lipinski definition) is 5. The van der Waals surface area contributed by atoms with Crippen LogP contribution in [-0.4, -0.2) is 41.7 Å². The third kappa shape index (κ3) is 3.69. The quantitative estimate of drug-likeness (QED) is 0.454. The highest BCUT2D eigenvalue weighted by Crippen LogP contribution is 2.40. The van der Waals surface area contributed by atoms with Gasteiger partial charge in [0.1, 0.15) is 5.75 Å². The van der Waals surface area contributed by atoms with E-state index in [1.54, 1.807) is 72.8 Å². The molecule has 1 atom stereocenters. The summed E-state index contributed by atoms with van der Waals surface area (Å²) in [6.45, 7) is -0.105. The summed E-state index contributed by atoms with van der Waals surface area (Å²) in [5.74, 6) is -0.569. The van der Waals surface area contributed by atoms with E-state index in [4.69, 9.17) is 4.74 Å². The number of fused-ring (bicyclic) bond motifs is 2. The van der Waals surface area contributed by atoms with E-state index in [0.29, 0.717) is 28.1 Å². The molecule has 0 aliphatic carbocycles. The van der Waals surface area contributed by atoms with Crippen LogP contribution >= 0.6 is 0 Å². The van der Waals surface area contributed by atoms with Crippen molar-refractivity contribution in [3.8, 4) is 5.75 Å². The van der Waals surface area contributed by atoms with E-state index in [1.165, 1.54) is 0 Å². The second-order valence-electron chi connectivity index (χ2n) is 8.14. The number of Topliss-reactive ketones (excluding diaryl/α,β-unsaturated/α-hetero) is 1. The predicted molar refractivity (Wildman–Crippen MR) is 124 cm³/mol. The molecule has 1 spiro atoms. The lowest BCUT2D eigenvalue weighted by molar-refractivity contribution is -0.132. The fourth-order valence-corrected chi connectivity index (χ4v) is 4.28. The molecule has 0 saturated carbocycles. The highest BCUT2D eigenvalue weighted by Gasteiger charge is 2.55. The Morgan fingerprint density at radius 3 is 2.38 bits per heavy atom. The van der Waals surface area contributed by atoms with Crippen LogP contribution in [0.5, 0.6) is 5.75 Å². The van der Waals surface area contributed by atoms with E-state index >= 15 is 0 Å². The van der Waals surface area contributed by atoms with Gasteiger partial charge in [-0.15, -0.1) is 0 Å². The molecule has 0 unspecified atom stereocenters. The Kier molecular flexibility index (Phi) is 5.33. The molecule has 8 heteroatoms. The highest BCUT2D eigenvalue weighted by molar-refractivity contribution is 6.12. The summed E-state index contributed by atoms with van der Waals surface area (Å²) in [5, 5.41) is 5.56. The maximum atomic E-state index is 13.3. The Balaban J connectivity index is 1.29. The van der Waals surface area contributed by atoms with Gasteiger partial charge in [0.2, 0.25) is 0 Å². The van der Waals surface area contributed by atoms with E-state index in [2.05, 4.69) is 10.6 Å². The molecule has 3 aromatic rings. The molecular formula is C26H21N3O5. The summed E-state index contributed by atoms with van der Waals surface area (Å²) in [4.78, 5) is 52.1. The van der Waals surface area contributed by atoms with Gasteiger partial charge in [0, 0.05) is 28.8 Å². The second-order valence-corrected chi connectivity index (χ2v) is 8.14. The van der Waals surface area contributed by atoms with Crippen molar-refractivity contribution in [3.63, 3.8) is 0 Å². The average Bonchev–Trinajstić information content (AvgIpc) is 3.10. The van der Waals surface area contributed by atoms with Gasteiger partial charge >= 0.3 is 6.03 Å². The first-order chi connectivity index (χ1) is 16.5. The van der Waals surface area contributed by atoms with Gasteiger partial charge in [-0.2, -0.15) is 0 Å². The molecule has 170 valence electrons. The number of urea groups is 1. The number of carbonyl (C=O) groups excluding carboxylic acids is 4. The highest BCUT2D eigenvalue weighted by atomic mass is 16.5. The van der Waals surface area contributed by atoms with Gasteiger partial charge in [0.05, 0.1) is 13.2 Å². The van der Waals surface area contributed by atoms with Crippen molar-refractivity contribution in [2.45, 2.75) is 12.0 Å². The van der Waals surface area contributed by atoms with Gasteiger partial charge in [0.15, 0.2) is 11.3 Å². The van der Waals surface area contributed by atoms with Crippen LogP contribution in [0.15, 0.2) is 78.9 Å². The van der Waals surface area contributed by atoms with Crippen LogP contribution in [0.2, 0.25) is 0 Å². The molecule has 5 rings (SSSR count). The number of para-hydroxylation sites is 1. The Labute approximate surface area is 195 Å². The molecule has 34 heavy (non-hydrogen) atoms. The Morgan fingerprint density at radius 2 is 1.62 bits per heavy atom. The van der Waals surface area contributed by atoms with Crippen LogP contribution in [0.4, 0.5) is 10.5 Å². The number of carbonyl (C=O) groups is 4. The fraction of sp³-hybridized carbons (Fsp3) is 0.154. The summed E-state index contributed by atoms with van der Waals surface area (Å²) in [6, 6.07) is 21.6. The minimum Gasteiger partial charge on any atom is -0.493 e. The van der Waals surface area contributed by atoms with Crippen molar-refractivity contribution in [2.24, 2.45) is 0 Å². The van der Waals surface area contributed by atoms with Gasteiger partial charge in [0.25, 0.3) is 11.8 Å². The Bertz CT molecular complexity index is 1290. The molecule has 8 nitrogen and oxygen atoms in total. The number of ketones is 1. The van der Waals surface area contributed by atoms with Crippen LogP contribution in [-0.2, 0) is 10.3 Å². The number of nitrogens with zero attached hydrogens (tertiary/aromatic N) is 1. The third-order valence-electron chi connectivity index (χ3n) is 6.06. The minimum atomic E-state index is -1.22. The zero-order valence-electron chi connectivity index (χ0n) is 18.1. The zero-order valence-corrected chi connectivity index (χ0v) is 18.1. The van der Waals surface area contributed by atoms with Crippen molar-refractivity contribution in [2.75, 3.05) is 18.5 Å². The number of benzene rings is 3. The summed E-state index contributed by atoms with van der Waals surface area (Å²) >= 11 is 0. The normalized spacial score (nSPS) is 18.8. The lowest BCUT2D eigenvalue weighted by Gasteiger charge is -2.33. The Hall–Kier alpha value is -4.46. The van der Waals surface area contributed by atoms with Crippen LogP contribution in [0, 0.1) is 0 Å². The van der Waals surface area contributed by atoms with Crippen LogP contribution in [0.25, 0.3) is 0 Å². The first-order valence-corrected chi connectivity index (χ1v) is 10.8. The van der Waals surface area contributed by atoms with Crippen LogP contribution in [0.3, 0.4) is 0 Å². The predicted octanol–water partition coefficient (Wildman–Crippen LogP) is 3.35. The molecule has 1 fully saturated rings. The summed E-state index contributed by atoms with van der Waals surface area (Å²) in [5.41, 5.74) is 0.736. The van der Waals surface area contributed by atoms with Crippen molar-refractivity contribution >= 4 is 29.3 Å².